The van der Waals surface area contributed by atoms with Gasteiger partial charge < -0.3 is 4.90 Å². The monoisotopic (exact) mass is 394 g/mol. The van der Waals surface area contributed by atoms with E-state index in [1.54, 1.807) is 29.2 Å². The van der Waals surface area contributed by atoms with E-state index >= 15 is 0 Å². The number of fused-ring (bicyclic) bond motifs is 1. The maximum Gasteiger partial charge on any atom is 0.433 e. The van der Waals surface area contributed by atoms with Crippen molar-refractivity contribution < 1.29 is 18.0 Å². The minimum atomic E-state index is -4.65. The molecule has 0 unspecified atom stereocenters. The molecule has 27 heavy (non-hydrogen) atoms. The summed E-state index contributed by atoms with van der Waals surface area (Å²) in [7, 11) is 0. The van der Waals surface area contributed by atoms with Crippen LogP contribution >= 0.6 is 11.6 Å². The van der Waals surface area contributed by atoms with E-state index in [9.17, 15) is 18.0 Å². The molecule has 1 aliphatic heterocycles. The van der Waals surface area contributed by atoms with Crippen LogP contribution in [0, 0.1) is 0 Å². The van der Waals surface area contributed by atoms with E-state index in [4.69, 9.17) is 11.6 Å². The predicted octanol–water partition coefficient (Wildman–Crippen LogP) is 4.30. The molecule has 2 aromatic heterocycles. The Bertz CT molecular complexity index is 1010. The highest BCUT2D eigenvalue weighted by Gasteiger charge is 2.36. The fraction of sp³-hybridized carbons (Fsp3) is 0.278. The Labute approximate surface area is 157 Å². The summed E-state index contributed by atoms with van der Waals surface area (Å²) in [6.45, 7) is 1.17. The third kappa shape index (κ3) is 3.37. The Morgan fingerprint density at radius 2 is 1.74 bits per heavy atom. The molecule has 5 nitrogen and oxygen atoms in total. The molecule has 0 saturated carbocycles. The fourth-order valence-corrected chi connectivity index (χ4v) is 3.26. The summed E-state index contributed by atoms with van der Waals surface area (Å²) in [6, 6.07) is 8.56. The zero-order valence-electron chi connectivity index (χ0n) is 14.0. The predicted molar refractivity (Wildman–Crippen MR) is 93.6 cm³/mol. The summed E-state index contributed by atoms with van der Waals surface area (Å²) in [5.41, 5.74) is -0.439. The Kier molecular flexibility index (Phi) is 4.30. The third-order valence-electron chi connectivity index (χ3n) is 4.47. The van der Waals surface area contributed by atoms with Gasteiger partial charge in [0.05, 0.1) is 5.69 Å². The molecule has 3 aromatic rings. The van der Waals surface area contributed by atoms with Crippen LogP contribution in [0.4, 0.5) is 13.2 Å². The summed E-state index contributed by atoms with van der Waals surface area (Å²) in [5, 5.41) is 4.37. The van der Waals surface area contributed by atoms with Gasteiger partial charge in [0.2, 0.25) is 0 Å². The number of carbonyl (C=O) groups is 1. The Morgan fingerprint density at radius 1 is 1.07 bits per heavy atom. The van der Waals surface area contributed by atoms with Crippen LogP contribution in [0.5, 0.6) is 0 Å². The van der Waals surface area contributed by atoms with E-state index in [1.807, 2.05) is 0 Å². The molecule has 0 N–H and O–H groups in total. The first-order valence-electron chi connectivity index (χ1n) is 8.36. The lowest BCUT2D eigenvalue weighted by Gasteiger charge is -2.13. The van der Waals surface area contributed by atoms with Crippen LogP contribution in [0.3, 0.4) is 0 Å². The van der Waals surface area contributed by atoms with Gasteiger partial charge in [-0.15, -0.1) is 0 Å². The number of likely N-dealkylation sites (tertiary alicyclic amines) is 1. The number of amides is 1. The van der Waals surface area contributed by atoms with Crippen molar-refractivity contribution in [2.45, 2.75) is 19.0 Å². The Morgan fingerprint density at radius 3 is 2.37 bits per heavy atom. The minimum Gasteiger partial charge on any atom is -0.337 e. The van der Waals surface area contributed by atoms with Crippen LogP contribution in [0.25, 0.3) is 16.9 Å². The number of hydrogen-bond acceptors (Lipinski definition) is 3. The first-order chi connectivity index (χ1) is 12.8. The third-order valence-corrected chi connectivity index (χ3v) is 4.72. The van der Waals surface area contributed by atoms with Crippen molar-refractivity contribution >= 4 is 23.2 Å². The van der Waals surface area contributed by atoms with Gasteiger partial charge in [0.15, 0.2) is 17.0 Å². The first-order valence-corrected chi connectivity index (χ1v) is 8.74. The van der Waals surface area contributed by atoms with E-state index in [-0.39, 0.29) is 22.9 Å². The molecular weight excluding hydrogens is 381 g/mol. The molecule has 1 aromatic carbocycles. The molecular formula is C18H14ClF3N4O. The van der Waals surface area contributed by atoms with Crippen LogP contribution < -0.4 is 0 Å². The number of aromatic nitrogens is 3. The Balaban J connectivity index is 1.85. The largest absolute Gasteiger partial charge is 0.433 e. The summed E-state index contributed by atoms with van der Waals surface area (Å²) < 4.78 is 41.4. The molecule has 0 radical (unpaired) electrons. The smallest absolute Gasteiger partial charge is 0.337 e. The van der Waals surface area contributed by atoms with Crippen molar-refractivity contribution in [1.82, 2.24) is 19.5 Å². The van der Waals surface area contributed by atoms with E-state index in [1.165, 1.54) is 6.07 Å². The second-order valence-corrected chi connectivity index (χ2v) is 6.77. The van der Waals surface area contributed by atoms with Gasteiger partial charge in [-0.25, -0.2) is 9.50 Å². The highest BCUT2D eigenvalue weighted by Crippen LogP contribution is 2.32. The number of alkyl halides is 3. The molecule has 0 atom stereocenters. The number of halogens is 4. The molecule has 1 fully saturated rings. The zero-order valence-corrected chi connectivity index (χ0v) is 14.8. The average molecular weight is 395 g/mol. The lowest BCUT2D eigenvalue weighted by atomic mass is 10.1. The number of carbonyl (C=O) groups excluding carboxylic acids is 1. The molecule has 1 amide bonds. The number of rotatable bonds is 2. The topological polar surface area (TPSA) is 50.5 Å². The first kappa shape index (κ1) is 17.8. The van der Waals surface area contributed by atoms with Crippen LogP contribution in [0.15, 0.2) is 36.4 Å². The molecule has 4 rings (SSSR count). The summed E-state index contributed by atoms with van der Waals surface area (Å²) >= 11 is 5.84. The highest BCUT2D eigenvalue weighted by molar-refractivity contribution is 6.30. The van der Waals surface area contributed by atoms with Gasteiger partial charge in [0.25, 0.3) is 5.91 Å². The van der Waals surface area contributed by atoms with Crippen molar-refractivity contribution in [2.24, 2.45) is 0 Å². The van der Waals surface area contributed by atoms with E-state index < -0.39 is 11.9 Å². The van der Waals surface area contributed by atoms with Crippen molar-refractivity contribution in [3.63, 3.8) is 0 Å². The van der Waals surface area contributed by atoms with Crippen molar-refractivity contribution in [3.8, 4) is 11.3 Å². The zero-order chi connectivity index (χ0) is 19.2. The van der Waals surface area contributed by atoms with Crippen LogP contribution in [0.2, 0.25) is 5.02 Å². The van der Waals surface area contributed by atoms with E-state index in [0.29, 0.717) is 28.2 Å². The molecule has 1 saturated heterocycles. The van der Waals surface area contributed by atoms with E-state index in [0.717, 1.165) is 18.9 Å². The lowest BCUT2D eigenvalue weighted by molar-refractivity contribution is -0.142. The standard InChI is InChI=1S/C18H14ClF3N4O/c19-12-5-3-11(4-6-12)13-9-15(18(20,21)22)26-16(23-13)10-14(24-26)17(27)25-7-1-2-8-25/h3-6,9-10H,1-2,7-8H2. The molecule has 0 spiro atoms. The minimum absolute atomic E-state index is 0.0303. The summed E-state index contributed by atoms with van der Waals surface area (Å²) in [5.74, 6) is -0.376. The fourth-order valence-electron chi connectivity index (χ4n) is 3.13. The quantitative estimate of drug-likeness (QED) is 0.651. The van der Waals surface area contributed by atoms with Crippen LogP contribution in [0.1, 0.15) is 29.0 Å². The second-order valence-electron chi connectivity index (χ2n) is 6.33. The number of benzene rings is 1. The number of nitrogens with zero attached hydrogens (tertiary/aromatic N) is 4. The highest BCUT2D eigenvalue weighted by atomic mass is 35.5. The molecule has 0 bridgehead atoms. The maximum absolute atomic E-state index is 13.6. The molecule has 140 valence electrons. The van der Waals surface area contributed by atoms with Gasteiger partial charge >= 0.3 is 6.18 Å². The lowest BCUT2D eigenvalue weighted by Crippen LogP contribution is -2.28. The summed E-state index contributed by atoms with van der Waals surface area (Å²) in [6.07, 6.45) is -2.89. The average Bonchev–Trinajstić information content (AvgIpc) is 3.29. The van der Waals surface area contributed by atoms with Crippen molar-refractivity contribution in [3.05, 3.63) is 52.8 Å². The van der Waals surface area contributed by atoms with E-state index in [2.05, 4.69) is 10.1 Å². The van der Waals surface area contributed by atoms with Gasteiger partial charge in [-0.2, -0.15) is 18.3 Å². The molecule has 0 aliphatic carbocycles. The van der Waals surface area contributed by atoms with Gasteiger partial charge in [-0.05, 0) is 31.0 Å². The van der Waals surface area contributed by atoms with Crippen LogP contribution in [-0.4, -0.2) is 38.5 Å². The molecule has 1 aliphatic rings. The summed E-state index contributed by atoms with van der Waals surface area (Å²) in [4.78, 5) is 18.4. The molecule has 9 heteroatoms. The van der Waals surface area contributed by atoms with Gasteiger partial charge in [0.1, 0.15) is 0 Å². The van der Waals surface area contributed by atoms with Crippen LogP contribution in [-0.2, 0) is 6.18 Å². The SMILES string of the molecule is O=C(c1cc2nc(-c3ccc(Cl)cc3)cc(C(F)(F)F)n2n1)N1CCCC1. The maximum atomic E-state index is 13.6. The van der Waals surface area contributed by atoms with Gasteiger partial charge in [-0.1, -0.05) is 23.7 Å². The molecule has 3 heterocycles. The van der Waals surface area contributed by atoms with Crippen molar-refractivity contribution in [1.29, 1.82) is 0 Å². The normalized spacial score (nSPS) is 14.9. The van der Waals surface area contributed by atoms with Gasteiger partial charge in [-0.3, -0.25) is 4.79 Å². The Hall–Kier alpha value is -2.61. The van der Waals surface area contributed by atoms with Crippen molar-refractivity contribution in [2.75, 3.05) is 13.1 Å². The number of hydrogen-bond donors (Lipinski definition) is 0. The second kappa shape index (κ2) is 6.53. The van der Waals surface area contributed by atoms with Gasteiger partial charge in [0, 0.05) is 29.7 Å².